The highest BCUT2D eigenvalue weighted by Gasteiger charge is 2.42. The number of carbonyl (C=O) groups is 2. The Balaban J connectivity index is 2.27. The fourth-order valence-corrected chi connectivity index (χ4v) is 2.37. The Hall–Kier alpha value is -2.02. The third-order valence-electron chi connectivity index (χ3n) is 3.68. The number of hydrogen-bond donors (Lipinski definition) is 2. The van der Waals surface area contributed by atoms with E-state index in [4.69, 9.17) is 4.74 Å². The predicted octanol–water partition coefficient (Wildman–Crippen LogP) is 0.711. The lowest BCUT2D eigenvalue weighted by atomic mass is 9.89. The van der Waals surface area contributed by atoms with Gasteiger partial charge in [-0.05, 0) is 19.4 Å². The highest BCUT2D eigenvalue weighted by molar-refractivity contribution is 5.98. The molecular formula is C14H19N3O4. The molecule has 1 saturated heterocycles. The second-order valence-corrected chi connectivity index (χ2v) is 5.15. The molecule has 0 radical (unpaired) electrons. The largest absolute Gasteiger partial charge is 0.480 e. The van der Waals surface area contributed by atoms with Gasteiger partial charge in [0.2, 0.25) is 0 Å². The average Bonchev–Trinajstić information content (AvgIpc) is 2.48. The molecule has 7 heteroatoms. The van der Waals surface area contributed by atoms with Crippen LogP contribution in [0.25, 0.3) is 0 Å². The van der Waals surface area contributed by atoms with Crippen LogP contribution in [-0.2, 0) is 16.0 Å². The zero-order valence-corrected chi connectivity index (χ0v) is 12.2. The van der Waals surface area contributed by atoms with Crippen molar-refractivity contribution in [3.8, 4) is 0 Å². The Morgan fingerprint density at radius 3 is 2.62 bits per heavy atom. The van der Waals surface area contributed by atoms with Crippen molar-refractivity contribution in [2.45, 2.75) is 38.6 Å². The molecule has 7 nitrogen and oxygen atoms in total. The molecule has 1 amide bonds. The molecule has 114 valence electrons. The van der Waals surface area contributed by atoms with Crippen molar-refractivity contribution in [2.24, 2.45) is 0 Å². The first kappa shape index (κ1) is 15.4. The van der Waals surface area contributed by atoms with Gasteiger partial charge in [0, 0.05) is 26.1 Å². The Bertz CT molecular complexity index is 553. The zero-order chi connectivity index (χ0) is 15.5. The maximum atomic E-state index is 12.5. The molecule has 0 spiro atoms. The van der Waals surface area contributed by atoms with Crippen molar-refractivity contribution in [1.29, 1.82) is 0 Å². The number of hydrogen-bond acceptors (Lipinski definition) is 5. The molecule has 0 bridgehead atoms. The maximum absolute atomic E-state index is 12.5. The van der Waals surface area contributed by atoms with Crippen LogP contribution in [0.2, 0.25) is 0 Å². The van der Waals surface area contributed by atoms with Crippen LogP contribution in [0, 0.1) is 6.92 Å². The maximum Gasteiger partial charge on any atom is 0.329 e. The number of nitrogens with zero attached hydrogens (tertiary/aromatic N) is 2. The van der Waals surface area contributed by atoms with E-state index < -0.39 is 17.4 Å². The first-order chi connectivity index (χ1) is 9.98. The number of carbonyl (C=O) groups excluding carboxylic acids is 1. The molecular weight excluding hydrogens is 274 g/mol. The number of carboxylic acid groups (broad SMARTS) is 1. The normalized spacial score (nSPS) is 17.2. The molecule has 0 aromatic carbocycles. The molecule has 0 unspecified atom stereocenters. The second-order valence-electron chi connectivity index (χ2n) is 5.15. The van der Waals surface area contributed by atoms with E-state index in [1.54, 1.807) is 13.0 Å². The third kappa shape index (κ3) is 3.18. The number of rotatable bonds is 4. The van der Waals surface area contributed by atoms with Gasteiger partial charge in [0.25, 0.3) is 5.91 Å². The van der Waals surface area contributed by atoms with Gasteiger partial charge in [0.15, 0.2) is 0 Å². The first-order valence-electron chi connectivity index (χ1n) is 6.95. The number of aromatic nitrogens is 2. The fourth-order valence-electron chi connectivity index (χ4n) is 2.37. The Kier molecular flexibility index (Phi) is 4.52. The van der Waals surface area contributed by atoms with Gasteiger partial charge < -0.3 is 15.2 Å². The SMILES string of the molecule is CCc1nnc(C)cc1C(=O)NC1(C(=O)O)CCOCC1. The minimum absolute atomic E-state index is 0.257. The second kappa shape index (κ2) is 6.17. The molecule has 0 atom stereocenters. The van der Waals surface area contributed by atoms with Gasteiger partial charge in [-0.15, -0.1) is 0 Å². The van der Waals surface area contributed by atoms with Crippen molar-refractivity contribution in [2.75, 3.05) is 13.2 Å². The molecule has 2 rings (SSSR count). The summed E-state index contributed by atoms with van der Waals surface area (Å²) in [4.78, 5) is 24.0. The summed E-state index contributed by atoms with van der Waals surface area (Å²) in [7, 11) is 0. The van der Waals surface area contributed by atoms with Crippen molar-refractivity contribution < 1.29 is 19.4 Å². The summed E-state index contributed by atoms with van der Waals surface area (Å²) in [6.45, 7) is 4.25. The van der Waals surface area contributed by atoms with E-state index in [1.165, 1.54) is 0 Å². The van der Waals surface area contributed by atoms with Gasteiger partial charge in [-0.2, -0.15) is 10.2 Å². The number of aliphatic carboxylic acids is 1. The third-order valence-corrected chi connectivity index (χ3v) is 3.68. The Morgan fingerprint density at radius 2 is 2.05 bits per heavy atom. The lowest BCUT2D eigenvalue weighted by Gasteiger charge is -2.34. The highest BCUT2D eigenvalue weighted by Crippen LogP contribution is 2.22. The summed E-state index contributed by atoms with van der Waals surface area (Å²) < 4.78 is 5.19. The van der Waals surface area contributed by atoms with E-state index in [-0.39, 0.29) is 12.8 Å². The van der Waals surface area contributed by atoms with Gasteiger partial charge in [0.05, 0.1) is 17.0 Å². The van der Waals surface area contributed by atoms with Crippen LogP contribution in [0.5, 0.6) is 0 Å². The van der Waals surface area contributed by atoms with E-state index in [0.717, 1.165) is 0 Å². The van der Waals surface area contributed by atoms with E-state index in [0.29, 0.717) is 36.6 Å². The topological polar surface area (TPSA) is 101 Å². The summed E-state index contributed by atoms with van der Waals surface area (Å²) in [6.07, 6.45) is 1.07. The number of carboxylic acids is 1. The van der Waals surface area contributed by atoms with Crippen LogP contribution < -0.4 is 5.32 Å². The highest BCUT2D eigenvalue weighted by atomic mass is 16.5. The van der Waals surface area contributed by atoms with Gasteiger partial charge in [-0.3, -0.25) is 4.79 Å². The number of nitrogens with one attached hydrogen (secondary N) is 1. The number of amides is 1. The molecule has 1 aliphatic rings. The predicted molar refractivity (Wildman–Crippen MR) is 74.0 cm³/mol. The van der Waals surface area contributed by atoms with E-state index in [1.807, 2.05) is 6.92 Å². The molecule has 2 heterocycles. The van der Waals surface area contributed by atoms with Crippen LogP contribution in [0.15, 0.2) is 6.07 Å². The Labute approximate surface area is 122 Å². The van der Waals surface area contributed by atoms with Gasteiger partial charge in [-0.1, -0.05) is 6.92 Å². The summed E-state index contributed by atoms with van der Waals surface area (Å²) in [5.41, 5.74) is 0.300. The molecule has 1 aromatic heterocycles. The smallest absolute Gasteiger partial charge is 0.329 e. The Morgan fingerprint density at radius 1 is 1.38 bits per heavy atom. The quantitative estimate of drug-likeness (QED) is 0.848. The zero-order valence-electron chi connectivity index (χ0n) is 12.2. The fraction of sp³-hybridized carbons (Fsp3) is 0.571. The number of aryl methyl sites for hydroxylation is 2. The van der Waals surface area contributed by atoms with Gasteiger partial charge in [-0.25, -0.2) is 4.79 Å². The molecule has 21 heavy (non-hydrogen) atoms. The lowest BCUT2D eigenvalue weighted by molar-refractivity contribution is -0.148. The van der Waals surface area contributed by atoms with Crippen molar-refractivity contribution in [3.63, 3.8) is 0 Å². The number of ether oxygens (including phenoxy) is 1. The summed E-state index contributed by atoms with van der Waals surface area (Å²) >= 11 is 0. The molecule has 1 aromatic rings. The van der Waals surface area contributed by atoms with Gasteiger partial charge in [0.1, 0.15) is 5.54 Å². The van der Waals surface area contributed by atoms with Gasteiger partial charge >= 0.3 is 5.97 Å². The van der Waals surface area contributed by atoms with E-state index >= 15 is 0 Å². The minimum Gasteiger partial charge on any atom is -0.480 e. The van der Waals surface area contributed by atoms with Crippen molar-refractivity contribution >= 4 is 11.9 Å². The molecule has 1 aliphatic heterocycles. The van der Waals surface area contributed by atoms with Crippen LogP contribution in [-0.4, -0.2) is 45.9 Å². The summed E-state index contributed by atoms with van der Waals surface area (Å²) in [5.74, 6) is -1.45. The van der Waals surface area contributed by atoms with Crippen LogP contribution in [0.4, 0.5) is 0 Å². The van der Waals surface area contributed by atoms with Crippen LogP contribution in [0.1, 0.15) is 41.5 Å². The molecule has 0 saturated carbocycles. The lowest BCUT2D eigenvalue weighted by Crippen LogP contribution is -2.57. The average molecular weight is 293 g/mol. The first-order valence-corrected chi connectivity index (χ1v) is 6.95. The molecule has 0 aliphatic carbocycles. The van der Waals surface area contributed by atoms with E-state index in [9.17, 15) is 14.7 Å². The minimum atomic E-state index is -1.27. The summed E-state index contributed by atoms with van der Waals surface area (Å²) in [6, 6.07) is 1.63. The van der Waals surface area contributed by atoms with Crippen LogP contribution in [0.3, 0.4) is 0 Å². The molecule has 1 fully saturated rings. The monoisotopic (exact) mass is 293 g/mol. The van der Waals surface area contributed by atoms with Crippen molar-refractivity contribution in [3.05, 3.63) is 23.0 Å². The van der Waals surface area contributed by atoms with Crippen LogP contribution >= 0.6 is 0 Å². The van der Waals surface area contributed by atoms with E-state index in [2.05, 4.69) is 15.5 Å². The molecule has 2 N–H and O–H groups in total. The summed E-state index contributed by atoms with van der Waals surface area (Å²) in [5, 5.41) is 20.1. The van der Waals surface area contributed by atoms with Crippen molar-refractivity contribution in [1.82, 2.24) is 15.5 Å². The standard InChI is InChI=1S/C14H19N3O4/c1-3-11-10(8-9(2)16-17-11)12(18)15-14(13(19)20)4-6-21-7-5-14/h8H,3-7H2,1-2H3,(H,15,18)(H,19,20).